The molecular formula is C29H41N5O7. The molecule has 3 atom stereocenters. The molecule has 1 heterocycles. The third-order valence-electron chi connectivity index (χ3n) is 7.53. The topological polar surface area (TPSA) is 177 Å². The summed E-state index contributed by atoms with van der Waals surface area (Å²) in [5, 5.41) is 7.73. The molecule has 12 nitrogen and oxygen atoms in total. The number of hydrogen-bond donors (Lipinski definition) is 4. The number of urea groups is 1. The van der Waals surface area contributed by atoms with Crippen molar-refractivity contribution in [3.8, 4) is 0 Å². The van der Waals surface area contributed by atoms with Crippen molar-refractivity contribution in [2.75, 3.05) is 13.1 Å². The third kappa shape index (κ3) is 9.02. The van der Waals surface area contributed by atoms with Crippen molar-refractivity contribution in [1.29, 1.82) is 0 Å². The number of amides is 5. The Balaban J connectivity index is 1.59. The van der Waals surface area contributed by atoms with E-state index in [2.05, 4.69) is 16.0 Å². The minimum Gasteiger partial charge on any atom is -0.460 e. The molecule has 224 valence electrons. The summed E-state index contributed by atoms with van der Waals surface area (Å²) in [6, 6.07) is 5.45. The van der Waals surface area contributed by atoms with Gasteiger partial charge in [-0.25, -0.2) is 4.79 Å². The van der Waals surface area contributed by atoms with E-state index >= 15 is 0 Å². The second-order valence-electron chi connectivity index (χ2n) is 11.8. The number of carbonyl (C=O) groups is 6. The first kappa shape index (κ1) is 31.6. The molecule has 12 heteroatoms. The Hall–Kier alpha value is -3.96. The Labute approximate surface area is 240 Å². The highest BCUT2D eigenvalue weighted by Gasteiger charge is 2.43. The van der Waals surface area contributed by atoms with Crippen molar-refractivity contribution in [2.24, 2.45) is 17.1 Å². The van der Waals surface area contributed by atoms with Crippen LogP contribution in [0.5, 0.6) is 0 Å². The van der Waals surface area contributed by atoms with Crippen molar-refractivity contribution in [1.82, 2.24) is 20.9 Å². The van der Waals surface area contributed by atoms with Crippen LogP contribution in [0.3, 0.4) is 0 Å². The van der Waals surface area contributed by atoms with Gasteiger partial charge in [0, 0.05) is 6.54 Å². The standard InChI is InChI=1S/C29H41N5O7/c1-29(2,3)24(33-28(40)31-16-22(35)41-17-19-9-5-4-6-10-19)27(39)34-14-8-13-21(34)26(38)32-20(23(36)25(30)37)15-18-11-7-12-18/h4-6,9-10,18,20-21,24H,7-8,11-17H2,1-3H3,(H2,30,37)(H,32,38)(H2,31,33,40). The molecule has 1 aromatic rings. The number of primary amides is 1. The third-order valence-corrected chi connectivity index (χ3v) is 7.53. The Bertz CT molecular complexity index is 1130. The predicted octanol–water partition coefficient (Wildman–Crippen LogP) is 1.16. The molecule has 0 spiro atoms. The maximum atomic E-state index is 13.7. The maximum absolute atomic E-state index is 13.7. The molecule has 5 amide bonds. The number of likely N-dealkylation sites (tertiary alicyclic amines) is 1. The average Bonchev–Trinajstić information content (AvgIpc) is 3.40. The largest absolute Gasteiger partial charge is 0.460 e. The number of nitrogens with zero attached hydrogens (tertiary/aromatic N) is 1. The van der Waals surface area contributed by atoms with Crippen molar-refractivity contribution < 1.29 is 33.5 Å². The summed E-state index contributed by atoms with van der Waals surface area (Å²) in [5.74, 6) is -3.37. The SMILES string of the molecule is CC(C)(C)C(NC(=O)NCC(=O)OCc1ccccc1)C(=O)N1CCCC1C(=O)NC(CC1CCC1)C(=O)C(N)=O. The minimum atomic E-state index is -1.11. The van der Waals surface area contributed by atoms with Crippen LogP contribution in [0.4, 0.5) is 4.79 Å². The van der Waals surface area contributed by atoms with Gasteiger partial charge < -0.3 is 31.3 Å². The quantitative estimate of drug-likeness (QED) is 0.215. The number of nitrogens with one attached hydrogen (secondary N) is 3. The van der Waals surface area contributed by atoms with E-state index in [0.717, 1.165) is 24.8 Å². The van der Waals surface area contributed by atoms with Gasteiger partial charge in [0.2, 0.25) is 17.6 Å². The van der Waals surface area contributed by atoms with Gasteiger partial charge in [-0.15, -0.1) is 0 Å². The molecule has 0 bridgehead atoms. The van der Waals surface area contributed by atoms with E-state index < -0.39 is 65.6 Å². The first-order valence-corrected chi connectivity index (χ1v) is 14.0. The summed E-state index contributed by atoms with van der Waals surface area (Å²) in [5.41, 5.74) is 5.29. The van der Waals surface area contributed by atoms with E-state index in [1.807, 2.05) is 30.3 Å². The fourth-order valence-electron chi connectivity index (χ4n) is 4.97. The highest BCUT2D eigenvalue weighted by molar-refractivity contribution is 6.37. The summed E-state index contributed by atoms with van der Waals surface area (Å²) in [6.45, 7) is 5.28. The Morgan fingerprint density at radius 1 is 1.00 bits per heavy atom. The molecule has 1 aromatic carbocycles. The number of carbonyl (C=O) groups excluding carboxylic acids is 6. The number of benzene rings is 1. The van der Waals surface area contributed by atoms with Gasteiger partial charge in [-0.05, 0) is 36.2 Å². The lowest BCUT2D eigenvalue weighted by molar-refractivity contribution is -0.143. The Kier molecular flexibility index (Phi) is 10.8. The van der Waals surface area contributed by atoms with Gasteiger partial charge in [0.25, 0.3) is 5.91 Å². The fourth-order valence-corrected chi connectivity index (χ4v) is 4.97. The van der Waals surface area contributed by atoms with Gasteiger partial charge in [-0.2, -0.15) is 0 Å². The second kappa shape index (κ2) is 14.1. The first-order chi connectivity index (χ1) is 19.4. The molecule has 1 aliphatic heterocycles. The molecule has 5 N–H and O–H groups in total. The molecule has 3 rings (SSSR count). The van der Waals surface area contributed by atoms with Crippen molar-refractivity contribution in [3.63, 3.8) is 0 Å². The fraction of sp³-hybridized carbons (Fsp3) is 0.586. The van der Waals surface area contributed by atoms with Crippen LogP contribution in [0.15, 0.2) is 30.3 Å². The lowest BCUT2D eigenvalue weighted by Crippen LogP contribution is -2.60. The zero-order valence-corrected chi connectivity index (χ0v) is 23.9. The zero-order valence-electron chi connectivity index (χ0n) is 23.9. The van der Waals surface area contributed by atoms with Gasteiger partial charge in [0.1, 0.15) is 25.2 Å². The highest BCUT2D eigenvalue weighted by atomic mass is 16.5. The molecule has 1 saturated carbocycles. The monoisotopic (exact) mass is 571 g/mol. The normalized spacial score (nSPS) is 18.4. The summed E-state index contributed by atoms with van der Waals surface area (Å²) < 4.78 is 5.16. The van der Waals surface area contributed by atoms with E-state index in [0.29, 0.717) is 19.3 Å². The van der Waals surface area contributed by atoms with Gasteiger partial charge in [0.05, 0.1) is 6.04 Å². The predicted molar refractivity (Wildman–Crippen MR) is 149 cm³/mol. The first-order valence-electron chi connectivity index (χ1n) is 14.0. The summed E-state index contributed by atoms with van der Waals surface area (Å²) >= 11 is 0. The maximum Gasteiger partial charge on any atom is 0.325 e. The van der Waals surface area contributed by atoms with Crippen LogP contribution in [0.1, 0.15) is 64.9 Å². The van der Waals surface area contributed by atoms with Crippen LogP contribution in [0.2, 0.25) is 0 Å². The number of hydrogen-bond acceptors (Lipinski definition) is 7. The van der Waals surface area contributed by atoms with E-state index in [1.54, 1.807) is 20.8 Å². The molecule has 0 radical (unpaired) electrons. The molecule has 3 unspecified atom stereocenters. The van der Waals surface area contributed by atoms with Crippen LogP contribution in [-0.4, -0.2) is 71.6 Å². The van der Waals surface area contributed by atoms with Crippen molar-refractivity contribution in [2.45, 2.75) is 84.0 Å². The van der Waals surface area contributed by atoms with E-state index in [-0.39, 0.29) is 19.1 Å². The van der Waals surface area contributed by atoms with Crippen LogP contribution < -0.4 is 21.7 Å². The zero-order chi connectivity index (χ0) is 30.2. The number of nitrogens with two attached hydrogens (primary N) is 1. The van der Waals surface area contributed by atoms with E-state index in [1.165, 1.54) is 4.90 Å². The van der Waals surface area contributed by atoms with E-state index in [4.69, 9.17) is 10.5 Å². The molecule has 0 aromatic heterocycles. The van der Waals surface area contributed by atoms with Crippen LogP contribution in [-0.2, 0) is 35.3 Å². The number of rotatable bonds is 12. The summed E-state index contributed by atoms with van der Waals surface area (Å²) in [6.07, 6.45) is 4.11. The minimum absolute atomic E-state index is 0.0665. The van der Waals surface area contributed by atoms with Gasteiger partial charge >= 0.3 is 12.0 Å². The molecule has 41 heavy (non-hydrogen) atoms. The van der Waals surface area contributed by atoms with Crippen molar-refractivity contribution in [3.05, 3.63) is 35.9 Å². The molecule has 2 fully saturated rings. The summed E-state index contributed by atoms with van der Waals surface area (Å²) in [7, 11) is 0. The molecule has 1 saturated heterocycles. The van der Waals surface area contributed by atoms with E-state index in [9.17, 15) is 28.8 Å². The van der Waals surface area contributed by atoms with Crippen LogP contribution >= 0.6 is 0 Å². The Morgan fingerprint density at radius 3 is 2.27 bits per heavy atom. The lowest BCUT2D eigenvalue weighted by Gasteiger charge is -2.36. The van der Waals surface area contributed by atoms with Crippen molar-refractivity contribution >= 4 is 35.5 Å². The van der Waals surface area contributed by atoms with Crippen LogP contribution in [0.25, 0.3) is 0 Å². The smallest absolute Gasteiger partial charge is 0.325 e. The lowest BCUT2D eigenvalue weighted by atomic mass is 9.80. The molecule has 2 aliphatic rings. The highest BCUT2D eigenvalue weighted by Crippen LogP contribution is 2.31. The number of ether oxygens (including phenoxy) is 1. The number of ketones is 1. The number of Topliss-reactive ketones (excluding diaryl/α,β-unsaturated/α-hetero) is 1. The summed E-state index contributed by atoms with van der Waals surface area (Å²) in [4.78, 5) is 77.1. The molecular weight excluding hydrogens is 530 g/mol. The second-order valence-corrected chi connectivity index (χ2v) is 11.8. The van der Waals surface area contributed by atoms with Gasteiger partial charge in [-0.1, -0.05) is 70.4 Å². The van der Waals surface area contributed by atoms with Gasteiger partial charge in [-0.3, -0.25) is 24.0 Å². The molecule has 1 aliphatic carbocycles. The number of esters is 1. The average molecular weight is 572 g/mol. The van der Waals surface area contributed by atoms with Gasteiger partial charge in [0.15, 0.2) is 0 Å². The Morgan fingerprint density at radius 2 is 1.68 bits per heavy atom. The van der Waals surface area contributed by atoms with Crippen LogP contribution in [0, 0.1) is 11.3 Å².